The average molecular weight is 484 g/mol. The molecule has 1 N–H and O–H groups in total. The summed E-state index contributed by atoms with van der Waals surface area (Å²) in [6.45, 7) is 7.04. The van der Waals surface area contributed by atoms with Gasteiger partial charge in [0, 0.05) is 49.9 Å². The van der Waals surface area contributed by atoms with Crippen LogP contribution in [-0.4, -0.2) is 54.9 Å². The van der Waals surface area contributed by atoms with Gasteiger partial charge in [0.1, 0.15) is 17.8 Å². The van der Waals surface area contributed by atoms with E-state index < -0.39 is 0 Å². The number of carbonyl (C=O) groups is 1. The van der Waals surface area contributed by atoms with E-state index in [1.807, 2.05) is 27.7 Å². The molecule has 3 aromatic heterocycles. The van der Waals surface area contributed by atoms with Crippen LogP contribution in [0.5, 0.6) is 0 Å². The molecule has 1 fully saturated rings. The summed E-state index contributed by atoms with van der Waals surface area (Å²) in [7, 11) is 0. The molecule has 4 aromatic rings. The highest BCUT2D eigenvalue weighted by molar-refractivity contribution is 5.93. The Morgan fingerprint density at radius 2 is 1.86 bits per heavy atom. The summed E-state index contributed by atoms with van der Waals surface area (Å²) in [6, 6.07) is 14.0. The molecule has 1 amide bonds. The Labute approximate surface area is 208 Å². The zero-order valence-electron chi connectivity index (χ0n) is 20.5. The lowest BCUT2D eigenvalue weighted by Gasteiger charge is -2.39. The maximum atomic E-state index is 13.5. The zero-order valence-corrected chi connectivity index (χ0v) is 20.5. The van der Waals surface area contributed by atoms with Gasteiger partial charge in [-0.3, -0.25) is 14.3 Å². The van der Waals surface area contributed by atoms with Gasteiger partial charge in [-0.25, -0.2) is 19.7 Å². The average Bonchev–Trinajstić information content (AvgIpc) is 3.23. The standard InChI is InChI=1S/C27H29N7O2/c1-27(2)16-33(15-18-6-3-4-7-20(18)27)25(35)21-14-23(30-17-29-21)32-12-9-19(10-13-32)34-22-8-5-11-28-24(22)31-26(34)36/h3-8,11,14,17,19H,9-10,12-13,15-16H2,1-2H3,(H,28,31,36). The number of H-pyrrole nitrogens is 1. The number of fused-ring (bicyclic) bond motifs is 2. The number of pyridine rings is 1. The Morgan fingerprint density at radius 3 is 2.69 bits per heavy atom. The molecular weight excluding hydrogens is 454 g/mol. The fraction of sp³-hybridized carbons (Fsp3) is 0.370. The number of nitrogens with zero attached hydrogens (tertiary/aromatic N) is 6. The number of amides is 1. The normalized spacial score (nSPS) is 17.8. The molecule has 2 aliphatic heterocycles. The fourth-order valence-electron chi connectivity index (χ4n) is 5.76. The Bertz CT molecular complexity index is 1500. The number of hydrogen-bond donors (Lipinski definition) is 1. The summed E-state index contributed by atoms with van der Waals surface area (Å²) >= 11 is 0. The molecule has 0 spiro atoms. The molecule has 36 heavy (non-hydrogen) atoms. The molecule has 9 nitrogen and oxygen atoms in total. The van der Waals surface area contributed by atoms with Crippen LogP contribution >= 0.6 is 0 Å². The minimum absolute atomic E-state index is 0.0750. The third-order valence-electron chi connectivity index (χ3n) is 7.50. The van der Waals surface area contributed by atoms with E-state index in [2.05, 4.69) is 56.9 Å². The molecular formula is C27H29N7O2. The second-order valence-corrected chi connectivity index (χ2v) is 10.4. The van der Waals surface area contributed by atoms with Crippen molar-refractivity contribution < 1.29 is 4.79 Å². The van der Waals surface area contributed by atoms with Gasteiger partial charge < -0.3 is 9.80 Å². The van der Waals surface area contributed by atoms with Crippen molar-refractivity contribution in [3.8, 4) is 0 Å². The third kappa shape index (κ3) is 3.84. The molecule has 2 aliphatic rings. The van der Waals surface area contributed by atoms with Gasteiger partial charge in [0.2, 0.25) is 0 Å². The van der Waals surface area contributed by atoms with Gasteiger partial charge in [0.15, 0.2) is 5.65 Å². The number of benzene rings is 1. The van der Waals surface area contributed by atoms with Crippen molar-refractivity contribution in [3.05, 3.63) is 82.3 Å². The lowest BCUT2D eigenvalue weighted by Crippen LogP contribution is -2.45. The highest BCUT2D eigenvalue weighted by atomic mass is 16.2. The maximum Gasteiger partial charge on any atom is 0.327 e. The highest BCUT2D eigenvalue weighted by Gasteiger charge is 2.34. The highest BCUT2D eigenvalue weighted by Crippen LogP contribution is 2.34. The molecule has 0 atom stereocenters. The summed E-state index contributed by atoms with van der Waals surface area (Å²) in [5, 5.41) is 0. The predicted molar refractivity (Wildman–Crippen MR) is 137 cm³/mol. The van der Waals surface area contributed by atoms with Crippen LogP contribution in [-0.2, 0) is 12.0 Å². The van der Waals surface area contributed by atoms with Gasteiger partial charge in [-0.1, -0.05) is 38.1 Å². The number of hydrogen-bond acceptors (Lipinski definition) is 6. The Kier molecular flexibility index (Phi) is 5.35. The number of aromatic amines is 1. The van der Waals surface area contributed by atoms with E-state index in [1.165, 1.54) is 17.5 Å². The molecule has 0 radical (unpaired) electrons. The second kappa shape index (κ2) is 8.58. The first kappa shape index (κ1) is 22.5. The lowest BCUT2D eigenvalue weighted by atomic mass is 9.78. The topological polar surface area (TPSA) is 100 Å². The van der Waals surface area contributed by atoms with E-state index in [-0.39, 0.29) is 23.1 Å². The summed E-state index contributed by atoms with van der Waals surface area (Å²) in [5.41, 5.74) is 4.10. The summed E-state index contributed by atoms with van der Waals surface area (Å²) in [6.07, 6.45) is 4.76. The molecule has 6 rings (SSSR count). The number of piperidine rings is 1. The smallest absolute Gasteiger partial charge is 0.327 e. The van der Waals surface area contributed by atoms with Crippen LogP contribution in [0.1, 0.15) is 54.3 Å². The van der Waals surface area contributed by atoms with Crippen LogP contribution in [0, 0.1) is 0 Å². The van der Waals surface area contributed by atoms with Crippen LogP contribution in [0.3, 0.4) is 0 Å². The van der Waals surface area contributed by atoms with Gasteiger partial charge in [-0.2, -0.15) is 0 Å². The van der Waals surface area contributed by atoms with E-state index in [9.17, 15) is 9.59 Å². The number of carbonyl (C=O) groups excluding carboxylic acids is 1. The first-order chi connectivity index (χ1) is 17.4. The first-order valence-electron chi connectivity index (χ1n) is 12.4. The van der Waals surface area contributed by atoms with Crippen molar-refractivity contribution in [2.45, 2.75) is 44.7 Å². The van der Waals surface area contributed by atoms with Crippen molar-refractivity contribution in [1.82, 2.24) is 29.4 Å². The van der Waals surface area contributed by atoms with Crippen LogP contribution in [0.15, 0.2) is 59.8 Å². The fourth-order valence-corrected chi connectivity index (χ4v) is 5.76. The van der Waals surface area contributed by atoms with E-state index in [0.29, 0.717) is 24.4 Å². The molecule has 1 aromatic carbocycles. The number of anilines is 1. The monoisotopic (exact) mass is 483 g/mol. The largest absolute Gasteiger partial charge is 0.356 e. The van der Waals surface area contributed by atoms with Crippen molar-refractivity contribution in [2.75, 3.05) is 24.5 Å². The Balaban J connectivity index is 1.18. The Hall–Kier alpha value is -4.01. The predicted octanol–water partition coefficient (Wildman–Crippen LogP) is 3.29. The number of rotatable bonds is 3. The molecule has 0 bridgehead atoms. The van der Waals surface area contributed by atoms with Gasteiger partial charge in [-0.05, 0) is 36.1 Å². The van der Waals surface area contributed by atoms with Crippen LogP contribution in [0.25, 0.3) is 11.2 Å². The van der Waals surface area contributed by atoms with E-state index in [4.69, 9.17) is 0 Å². The van der Waals surface area contributed by atoms with Crippen molar-refractivity contribution >= 4 is 22.9 Å². The molecule has 5 heterocycles. The van der Waals surface area contributed by atoms with Crippen molar-refractivity contribution in [3.63, 3.8) is 0 Å². The lowest BCUT2D eigenvalue weighted by molar-refractivity contribution is 0.0680. The first-order valence-corrected chi connectivity index (χ1v) is 12.4. The van der Waals surface area contributed by atoms with Crippen LogP contribution < -0.4 is 10.6 Å². The summed E-state index contributed by atoms with van der Waals surface area (Å²) < 4.78 is 1.82. The van der Waals surface area contributed by atoms with E-state index >= 15 is 0 Å². The van der Waals surface area contributed by atoms with Crippen molar-refractivity contribution in [2.24, 2.45) is 0 Å². The zero-order chi connectivity index (χ0) is 24.9. The third-order valence-corrected chi connectivity index (χ3v) is 7.50. The SMILES string of the molecule is CC1(C)CN(C(=O)c2cc(N3CCC(n4c(=O)[nH]c5ncccc54)CC3)ncn2)Cc2ccccc21. The number of imidazole rings is 1. The van der Waals surface area contributed by atoms with E-state index in [0.717, 1.165) is 37.3 Å². The van der Waals surface area contributed by atoms with Gasteiger partial charge in [-0.15, -0.1) is 0 Å². The minimum Gasteiger partial charge on any atom is -0.356 e. The molecule has 0 unspecified atom stereocenters. The summed E-state index contributed by atoms with van der Waals surface area (Å²) in [4.78, 5) is 46.0. The minimum atomic E-state index is -0.127. The molecule has 9 heteroatoms. The molecule has 1 saturated heterocycles. The quantitative estimate of drug-likeness (QED) is 0.480. The number of aromatic nitrogens is 5. The van der Waals surface area contributed by atoms with E-state index in [1.54, 1.807) is 12.3 Å². The second-order valence-electron chi connectivity index (χ2n) is 10.4. The number of nitrogens with one attached hydrogen (secondary N) is 1. The van der Waals surface area contributed by atoms with Gasteiger partial charge in [0.05, 0.1) is 5.52 Å². The molecule has 0 aliphatic carbocycles. The van der Waals surface area contributed by atoms with Crippen LogP contribution in [0.4, 0.5) is 5.82 Å². The van der Waals surface area contributed by atoms with Crippen molar-refractivity contribution in [1.29, 1.82) is 0 Å². The Morgan fingerprint density at radius 1 is 1.06 bits per heavy atom. The molecule has 0 saturated carbocycles. The van der Waals surface area contributed by atoms with Crippen LogP contribution in [0.2, 0.25) is 0 Å². The van der Waals surface area contributed by atoms with Gasteiger partial charge in [0.25, 0.3) is 5.91 Å². The van der Waals surface area contributed by atoms with Gasteiger partial charge >= 0.3 is 5.69 Å². The summed E-state index contributed by atoms with van der Waals surface area (Å²) in [5.74, 6) is 0.672. The molecule has 184 valence electrons. The maximum absolute atomic E-state index is 13.5.